The van der Waals surface area contributed by atoms with Crippen LogP contribution in [0.1, 0.15) is 57.6 Å². The first-order valence-corrected chi connectivity index (χ1v) is 13.5. The summed E-state index contributed by atoms with van der Waals surface area (Å²) in [6.45, 7) is 5.78. The van der Waals surface area contributed by atoms with E-state index in [1.54, 1.807) is 25.1 Å². The van der Waals surface area contributed by atoms with E-state index in [-0.39, 0.29) is 36.1 Å². The van der Waals surface area contributed by atoms with Gasteiger partial charge in [0.1, 0.15) is 22.8 Å². The monoisotopic (exact) mass is 540 g/mol. The fraction of sp³-hybridized carbons (Fsp3) is 0.567. The number of phenolic OH excluding ortho intramolecular Hbond substituents is 1. The topological polar surface area (TPSA) is 139 Å². The van der Waals surface area contributed by atoms with Crippen molar-refractivity contribution in [2.45, 2.75) is 64.5 Å². The molecule has 4 atom stereocenters. The number of carbonyl (C=O) groups excluding carboxylic acids is 3. The quantitative estimate of drug-likeness (QED) is 0.384. The predicted octanol–water partition coefficient (Wildman–Crippen LogP) is 3.33. The van der Waals surface area contributed by atoms with Crippen LogP contribution < -0.4 is 4.90 Å². The summed E-state index contributed by atoms with van der Waals surface area (Å²) in [6, 6.07) is 2.13. The van der Waals surface area contributed by atoms with E-state index < -0.39 is 63.3 Å². The van der Waals surface area contributed by atoms with Gasteiger partial charge in [0, 0.05) is 37.7 Å². The van der Waals surface area contributed by atoms with Crippen LogP contribution in [-0.2, 0) is 20.8 Å². The average molecular weight is 541 g/mol. The Hall–Kier alpha value is -3.17. The maximum Gasteiger partial charge on any atom is 0.202 e. The van der Waals surface area contributed by atoms with Crippen LogP contribution in [-0.4, -0.2) is 82.5 Å². The second kappa shape index (κ2) is 9.78. The highest BCUT2D eigenvalue weighted by molar-refractivity contribution is 6.25. The number of ketones is 3. The van der Waals surface area contributed by atoms with Gasteiger partial charge in [-0.1, -0.05) is 27.2 Å². The van der Waals surface area contributed by atoms with E-state index in [0.717, 1.165) is 12.1 Å². The lowest BCUT2D eigenvalue weighted by molar-refractivity contribution is -0.153. The average Bonchev–Trinajstić information content (AvgIpc) is 2.80. The van der Waals surface area contributed by atoms with Crippen molar-refractivity contribution in [3.8, 4) is 5.75 Å². The SMILES string of the molecule is CCCC(C)(C)CC(=O)C1=C(O)[C@@]2(O)C(=O)C3=C(O)c4c(O)ccc(N(C)C)c4C[C@H]3C[C@H]2[C@H](N(C)C)C1=O. The molecule has 212 valence electrons. The fourth-order valence-electron chi connectivity index (χ4n) is 6.97. The molecule has 3 aliphatic carbocycles. The largest absolute Gasteiger partial charge is 0.508 e. The van der Waals surface area contributed by atoms with E-state index in [0.29, 0.717) is 12.0 Å². The lowest BCUT2D eigenvalue weighted by Gasteiger charge is -2.50. The molecule has 0 aromatic heterocycles. The molecular weight excluding hydrogens is 500 g/mol. The molecule has 0 radical (unpaired) electrons. The Balaban J connectivity index is 1.92. The van der Waals surface area contributed by atoms with Crippen LogP contribution in [0.25, 0.3) is 5.76 Å². The van der Waals surface area contributed by atoms with Crippen molar-refractivity contribution >= 4 is 28.8 Å². The molecule has 0 bridgehead atoms. The lowest BCUT2D eigenvalue weighted by atomic mass is 9.57. The van der Waals surface area contributed by atoms with Crippen LogP contribution in [0.15, 0.2) is 29.0 Å². The Morgan fingerprint density at radius 1 is 1.10 bits per heavy atom. The number of benzene rings is 1. The van der Waals surface area contributed by atoms with E-state index in [1.807, 2.05) is 39.8 Å². The highest BCUT2D eigenvalue weighted by atomic mass is 16.3. The first-order valence-electron chi connectivity index (χ1n) is 13.5. The Bertz CT molecular complexity index is 1310. The van der Waals surface area contributed by atoms with Crippen molar-refractivity contribution in [3.63, 3.8) is 0 Å². The number of anilines is 1. The Labute approximate surface area is 229 Å². The first-order chi connectivity index (χ1) is 18.1. The molecule has 0 saturated heterocycles. The summed E-state index contributed by atoms with van der Waals surface area (Å²) < 4.78 is 0. The van der Waals surface area contributed by atoms with E-state index in [9.17, 15) is 34.8 Å². The third-order valence-electron chi connectivity index (χ3n) is 8.66. The Kier molecular flexibility index (Phi) is 7.23. The van der Waals surface area contributed by atoms with E-state index in [2.05, 4.69) is 0 Å². The zero-order valence-corrected chi connectivity index (χ0v) is 23.8. The van der Waals surface area contributed by atoms with Crippen molar-refractivity contribution in [1.29, 1.82) is 0 Å². The van der Waals surface area contributed by atoms with Crippen molar-refractivity contribution < 1.29 is 34.8 Å². The number of fused-ring (bicyclic) bond motifs is 3. The molecule has 1 saturated carbocycles. The molecule has 3 aliphatic rings. The minimum Gasteiger partial charge on any atom is -0.508 e. The number of hydrogen-bond acceptors (Lipinski definition) is 9. The van der Waals surface area contributed by atoms with Crippen molar-refractivity contribution in [2.24, 2.45) is 17.3 Å². The van der Waals surface area contributed by atoms with Crippen molar-refractivity contribution in [3.05, 3.63) is 40.2 Å². The van der Waals surface area contributed by atoms with Crippen LogP contribution in [0, 0.1) is 17.3 Å². The van der Waals surface area contributed by atoms with Gasteiger partial charge in [-0.05, 0) is 62.4 Å². The van der Waals surface area contributed by atoms with Crippen LogP contribution in [0.3, 0.4) is 0 Å². The van der Waals surface area contributed by atoms with E-state index in [4.69, 9.17) is 0 Å². The van der Waals surface area contributed by atoms with Crippen LogP contribution in [0.4, 0.5) is 5.69 Å². The van der Waals surface area contributed by atoms with Gasteiger partial charge in [0.05, 0.1) is 11.6 Å². The van der Waals surface area contributed by atoms with Crippen LogP contribution in [0.2, 0.25) is 0 Å². The number of likely N-dealkylation sites (N-methyl/N-ethyl adjacent to an activating group) is 1. The number of hydrogen-bond donors (Lipinski definition) is 4. The van der Waals surface area contributed by atoms with Crippen LogP contribution >= 0.6 is 0 Å². The molecule has 1 aromatic carbocycles. The molecule has 0 heterocycles. The standard InChI is InChI=1S/C30H40N2O7/c1-8-11-29(2,3)14-20(34)23-26(36)24(32(6)7)17-13-15-12-16-18(31(4)5)9-10-19(33)22(16)25(35)21(15)27(37)30(17,39)28(23)38/h9-10,15,17,24,33,35,38-39H,8,11-14H2,1-7H3/t15-,17-,24-,30-/m0/s1. The second-order valence-corrected chi connectivity index (χ2v) is 12.5. The summed E-state index contributed by atoms with van der Waals surface area (Å²) >= 11 is 0. The summed E-state index contributed by atoms with van der Waals surface area (Å²) in [6.07, 6.45) is 1.88. The van der Waals surface area contributed by atoms with E-state index >= 15 is 0 Å². The zero-order chi connectivity index (χ0) is 29.2. The molecule has 1 aromatic rings. The third-order valence-corrected chi connectivity index (χ3v) is 8.66. The molecule has 39 heavy (non-hydrogen) atoms. The maximum atomic E-state index is 14.1. The molecule has 0 spiro atoms. The third kappa shape index (κ3) is 4.36. The number of rotatable bonds is 7. The molecule has 0 aliphatic heterocycles. The van der Waals surface area contributed by atoms with Crippen LogP contribution in [0.5, 0.6) is 5.75 Å². The minimum absolute atomic E-state index is 0.0355. The number of aromatic hydroxyl groups is 1. The van der Waals surface area contributed by atoms with Gasteiger partial charge in [0.2, 0.25) is 5.78 Å². The number of carbonyl (C=O) groups is 3. The van der Waals surface area contributed by atoms with Gasteiger partial charge in [0.25, 0.3) is 0 Å². The van der Waals surface area contributed by atoms with Gasteiger partial charge in [-0.15, -0.1) is 0 Å². The summed E-state index contributed by atoms with van der Waals surface area (Å²) in [4.78, 5) is 44.8. The number of nitrogens with zero attached hydrogens (tertiary/aromatic N) is 2. The number of phenols is 1. The smallest absolute Gasteiger partial charge is 0.202 e. The molecule has 9 heteroatoms. The Morgan fingerprint density at radius 3 is 2.31 bits per heavy atom. The van der Waals surface area contributed by atoms with Gasteiger partial charge >= 0.3 is 0 Å². The second-order valence-electron chi connectivity index (χ2n) is 12.5. The molecule has 4 N–H and O–H groups in total. The first kappa shape index (κ1) is 28.8. The number of Topliss-reactive ketones (excluding diaryl/α,β-unsaturated/α-hetero) is 3. The summed E-state index contributed by atoms with van der Waals surface area (Å²) in [5.74, 6) is -5.40. The van der Waals surface area contributed by atoms with Gasteiger partial charge < -0.3 is 25.3 Å². The number of aliphatic hydroxyl groups is 3. The summed E-state index contributed by atoms with van der Waals surface area (Å²) in [5, 5.41) is 45.4. The molecule has 4 rings (SSSR count). The van der Waals surface area contributed by atoms with Gasteiger partial charge in [-0.2, -0.15) is 0 Å². The van der Waals surface area contributed by atoms with E-state index in [1.165, 1.54) is 6.07 Å². The normalized spacial score (nSPS) is 26.9. The number of aliphatic hydroxyl groups excluding tert-OH is 2. The minimum atomic E-state index is -2.57. The van der Waals surface area contributed by atoms with Gasteiger partial charge in [-0.25, -0.2) is 0 Å². The summed E-state index contributed by atoms with van der Waals surface area (Å²) in [5.41, 5.74) is -2.16. The highest BCUT2D eigenvalue weighted by Crippen LogP contribution is 2.53. The Morgan fingerprint density at radius 2 is 1.74 bits per heavy atom. The molecule has 1 fully saturated rings. The molecule has 0 amide bonds. The summed E-state index contributed by atoms with van der Waals surface area (Å²) in [7, 11) is 6.94. The molecular formula is C30H40N2O7. The lowest BCUT2D eigenvalue weighted by Crippen LogP contribution is -2.65. The molecule has 9 nitrogen and oxygen atoms in total. The highest BCUT2D eigenvalue weighted by Gasteiger charge is 2.64. The van der Waals surface area contributed by atoms with Crippen molar-refractivity contribution in [1.82, 2.24) is 4.90 Å². The van der Waals surface area contributed by atoms with Crippen molar-refractivity contribution in [2.75, 3.05) is 33.1 Å². The maximum absolute atomic E-state index is 14.1. The predicted molar refractivity (Wildman–Crippen MR) is 148 cm³/mol. The van der Waals surface area contributed by atoms with Gasteiger partial charge in [-0.3, -0.25) is 19.3 Å². The zero-order valence-electron chi connectivity index (χ0n) is 23.8. The fourth-order valence-corrected chi connectivity index (χ4v) is 6.97. The van der Waals surface area contributed by atoms with Gasteiger partial charge in [0.15, 0.2) is 17.2 Å². The molecule has 0 unspecified atom stereocenters.